The van der Waals surface area contributed by atoms with Gasteiger partial charge in [0.05, 0.1) is 12.5 Å². The van der Waals surface area contributed by atoms with Gasteiger partial charge in [-0.05, 0) is 30.7 Å². The van der Waals surface area contributed by atoms with E-state index in [0.29, 0.717) is 31.0 Å². The molecule has 0 heterocycles. The van der Waals surface area contributed by atoms with Crippen LogP contribution in [0.25, 0.3) is 0 Å². The maximum absolute atomic E-state index is 12.2. The van der Waals surface area contributed by atoms with Crippen LogP contribution in [0.2, 0.25) is 5.02 Å². The molecule has 1 aromatic rings. The van der Waals surface area contributed by atoms with E-state index >= 15 is 0 Å². The van der Waals surface area contributed by atoms with Gasteiger partial charge < -0.3 is 9.64 Å². The van der Waals surface area contributed by atoms with Crippen molar-refractivity contribution in [1.82, 2.24) is 4.90 Å². The molecule has 0 unspecified atom stereocenters. The molecule has 4 heteroatoms. The van der Waals surface area contributed by atoms with E-state index in [0.717, 1.165) is 12.2 Å². The van der Waals surface area contributed by atoms with Gasteiger partial charge in [0, 0.05) is 31.5 Å². The number of benzene rings is 1. The first-order valence-electron chi connectivity index (χ1n) is 7.08. The summed E-state index contributed by atoms with van der Waals surface area (Å²) in [6.07, 6.45) is 12.0. The van der Waals surface area contributed by atoms with Crippen LogP contribution < -0.4 is 4.74 Å². The summed E-state index contributed by atoms with van der Waals surface area (Å²) in [4.78, 5) is 13.9. The fourth-order valence-electron chi connectivity index (χ4n) is 1.98. The van der Waals surface area contributed by atoms with Gasteiger partial charge in [-0.1, -0.05) is 11.6 Å². The van der Waals surface area contributed by atoms with Crippen LogP contribution in [0.1, 0.15) is 19.3 Å². The maximum atomic E-state index is 12.2. The fourth-order valence-corrected chi connectivity index (χ4v) is 2.10. The predicted molar refractivity (Wildman–Crippen MR) is 89.6 cm³/mol. The zero-order valence-electron chi connectivity index (χ0n) is 12.7. The molecule has 0 radical (unpaired) electrons. The molecule has 1 aromatic carbocycles. The van der Waals surface area contributed by atoms with E-state index in [4.69, 9.17) is 29.2 Å². The predicted octanol–water partition coefficient (Wildman–Crippen LogP) is 3.23. The Morgan fingerprint density at radius 1 is 1.27 bits per heavy atom. The second-order valence-electron chi connectivity index (χ2n) is 4.93. The first-order chi connectivity index (χ1) is 10.6. The van der Waals surface area contributed by atoms with E-state index in [1.807, 2.05) is 12.1 Å². The van der Waals surface area contributed by atoms with Crippen molar-refractivity contribution in [1.29, 1.82) is 0 Å². The van der Waals surface area contributed by atoms with Gasteiger partial charge in [0.2, 0.25) is 5.91 Å². The lowest BCUT2D eigenvalue weighted by Gasteiger charge is -2.21. The highest BCUT2D eigenvalue weighted by atomic mass is 35.5. The van der Waals surface area contributed by atoms with E-state index < -0.39 is 0 Å². The van der Waals surface area contributed by atoms with Crippen LogP contribution in [-0.4, -0.2) is 31.0 Å². The number of hydrogen-bond acceptors (Lipinski definition) is 2. The summed E-state index contributed by atoms with van der Waals surface area (Å²) in [7, 11) is 1.75. The third kappa shape index (κ3) is 6.12. The third-order valence-corrected chi connectivity index (χ3v) is 3.43. The molecule has 0 N–H and O–H groups in total. The van der Waals surface area contributed by atoms with Crippen LogP contribution in [0.4, 0.5) is 0 Å². The van der Waals surface area contributed by atoms with Crippen molar-refractivity contribution in [2.24, 2.45) is 5.92 Å². The van der Waals surface area contributed by atoms with E-state index in [-0.39, 0.29) is 11.8 Å². The molecular weight excluding hydrogens is 298 g/mol. The summed E-state index contributed by atoms with van der Waals surface area (Å²) in [5, 5.41) is 0.672. The molecular formula is C18H20ClNO2. The molecule has 0 atom stereocenters. The number of hydrogen-bond donors (Lipinski definition) is 0. The van der Waals surface area contributed by atoms with Gasteiger partial charge in [-0.15, -0.1) is 24.7 Å². The number of terminal acetylenes is 2. The smallest absolute Gasteiger partial charge is 0.227 e. The van der Waals surface area contributed by atoms with Gasteiger partial charge in [0.15, 0.2) is 0 Å². The third-order valence-electron chi connectivity index (χ3n) is 3.17. The second-order valence-corrected chi connectivity index (χ2v) is 5.37. The summed E-state index contributed by atoms with van der Waals surface area (Å²) < 4.78 is 5.59. The lowest BCUT2D eigenvalue weighted by atomic mass is 10.0. The highest BCUT2D eigenvalue weighted by Crippen LogP contribution is 2.16. The first kappa shape index (κ1) is 18.0. The summed E-state index contributed by atoms with van der Waals surface area (Å²) in [6, 6.07) is 7.17. The molecule has 3 nitrogen and oxygen atoms in total. The summed E-state index contributed by atoms with van der Waals surface area (Å²) in [5.41, 5.74) is 0. The minimum absolute atomic E-state index is 0.0117. The average Bonchev–Trinajstić information content (AvgIpc) is 2.52. The van der Waals surface area contributed by atoms with Gasteiger partial charge in [0.25, 0.3) is 0 Å². The Kier molecular flexibility index (Phi) is 7.97. The monoisotopic (exact) mass is 317 g/mol. The molecule has 22 heavy (non-hydrogen) atoms. The summed E-state index contributed by atoms with van der Waals surface area (Å²) >= 11 is 5.80. The van der Waals surface area contributed by atoms with Crippen molar-refractivity contribution in [2.45, 2.75) is 19.3 Å². The molecule has 0 aliphatic carbocycles. The van der Waals surface area contributed by atoms with Gasteiger partial charge >= 0.3 is 0 Å². The Balaban J connectivity index is 2.34. The number of nitrogens with zero attached hydrogens (tertiary/aromatic N) is 1. The van der Waals surface area contributed by atoms with Gasteiger partial charge in [-0.2, -0.15) is 0 Å². The largest absolute Gasteiger partial charge is 0.494 e. The average molecular weight is 318 g/mol. The van der Waals surface area contributed by atoms with Crippen LogP contribution in [0.5, 0.6) is 5.75 Å². The Bertz CT molecular complexity index is 538. The molecule has 0 saturated carbocycles. The molecule has 0 bridgehead atoms. The molecule has 0 aliphatic rings. The minimum Gasteiger partial charge on any atom is -0.494 e. The molecule has 0 aromatic heterocycles. The molecule has 1 amide bonds. The van der Waals surface area contributed by atoms with Crippen LogP contribution >= 0.6 is 11.6 Å². The molecule has 0 aliphatic heterocycles. The Labute approximate surface area is 137 Å². The van der Waals surface area contributed by atoms with E-state index in [9.17, 15) is 4.79 Å². The van der Waals surface area contributed by atoms with Crippen LogP contribution in [0, 0.1) is 30.6 Å². The van der Waals surface area contributed by atoms with Crippen molar-refractivity contribution < 1.29 is 9.53 Å². The number of amides is 1. The Morgan fingerprint density at radius 3 is 2.41 bits per heavy atom. The fraction of sp³-hybridized carbons (Fsp3) is 0.389. The maximum Gasteiger partial charge on any atom is 0.227 e. The number of carbonyl (C=O) groups excluding carboxylic acids is 1. The van der Waals surface area contributed by atoms with Crippen LogP contribution in [0.15, 0.2) is 24.3 Å². The van der Waals surface area contributed by atoms with Crippen molar-refractivity contribution in [3.63, 3.8) is 0 Å². The number of rotatable bonds is 8. The standard InChI is InChI=1S/C18H20ClNO2/c1-4-7-15(8-5-2)18(21)20(3)13-6-14-22-17-11-9-16(19)10-12-17/h1-2,9-12,15H,6-8,13-14H2,3H3. The number of ether oxygens (including phenoxy) is 1. The quantitative estimate of drug-likeness (QED) is 0.544. The zero-order chi connectivity index (χ0) is 16.4. The highest BCUT2D eigenvalue weighted by Gasteiger charge is 2.20. The normalized spacial score (nSPS) is 9.86. The lowest BCUT2D eigenvalue weighted by Crippen LogP contribution is -2.34. The SMILES string of the molecule is C#CCC(CC#C)C(=O)N(C)CCCOc1ccc(Cl)cc1. The van der Waals surface area contributed by atoms with Crippen molar-refractivity contribution in [3.05, 3.63) is 29.3 Å². The van der Waals surface area contributed by atoms with Crippen LogP contribution in [-0.2, 0) is 4.79 Å². The first-order valence-corrected chi connectivity index (χ1v) is 7.46. The zero-order valence-corrected chi connectivity index (χ0v) is 13.5. The van der Waals surface area contributed by atoms with Crippen molar-refractivity contribution in [2.75, 3.05) is 20.2 Å². The van der Waals surface area contributed by atoms with E-state index in [1.165, 1.54) is 0 Å². The minimum atomic E-state index is -0.294. The Morgan fingerprint density at radius 2 is 1.86 bits per heavy atom. The number of carbonyl (C=O) groups is 1. The Hall–Kier alpha value is -2.10. The van der Waals surface area contributed by atoms with E-state index in [1.54, 1.807) is 24.1 Å². The molecule has 0 spiro atoms. The summed E-state index contributed by atoms with van der Waals surface area (Å²) in [6.45, 7) is 1.12. The van der Waals surface area contributed by atoms with Gasteiger partial charge in [-0.3, -0.25) is 4.79 Å². The van der Waals surface area contributed by atoms with Gasteiger partial charge in [-0.25, -0.2) is 0 Å². The van der Waals surface area contributed by atoms with Crippen molar-refractivity contribution >= 4 is 17.5 Å². The molecule has 0 saturated heterocycles. The highest BCUT2D eigenvalue weighted by molar-refractivity contribution is 6.30. The lowest BCUT2D eigenvalue weighted by molar-refractivity contribution is -0.134. The summed E-state index contributed by atoms with van der Waals surface area (Å²) in [5.74, 6) is 5.46. The molecule has 0 fully saturated rings. The topological polar surface area (TPSA) is 29.5 Å². The molecule has 116 valence electrons. The second kappa shape index (κ2) is 9.77. The number of halogens is 1. The van der Waals surface area contributed by atoms with Crippen LogP contribution in [0.3, 0.4) is 0 Å². The van der Waals surface area contributed by atoms with Crippen molar-refractivity contribution in [3.8, 4) is 30.4 Å². The van der Waals surface area contributed by atoms with Gasteiger partial charge in [0.1, 0.15) is 5.75 Å². The molecule has 1 rings (SSSR count). The van der Waals surface area contributed by atoms with E-state index in [2.05, 4.69) is 11.8 Å².